The zero-order valence-corrected chi connectivity index (χ0v) is 12.8. The number of hydrogen-bond acceptors (Lipinski definition) is 4. The van der Waals surface area contributed by atoms with Crippen LogP contribution in [0.1, 0.15) is 5.56 Å². The van der Waals surface area contributed by atoms with Crippen LogP contribution in [0.25, 0.3) is 0 Å². The average Bonchev–Trinajstić information content (AvgIpc) is 2.41. The molecule has 0 aromatic heterocycles. The fourth-order valence-corrected chi connectivity index (χ4v) is 2.58. The van der Waals surface area contributed by atoms with Crippen LogP contribution in [0, 0.1) is 6.92 Å². The summed E-state index contributed by atoms with van der Waals surface area (Å²) in [5, 5.41) is 14.1. The summed E-state index contributed by atoms with van der Waals surface area (Å²) in [7, 11) is 0. The van der Waals surface area contributed by atoms with E-state index in [1.54, 1.807) is 12.1 Å². The minimum atomic E-state index is -1.14. The number of carbonyl (C=O) groups excluding carboxylic acids is 2. The van der Waals surface area contributed by atoms with E-state index in [0.717, 1.165) is 17.3 Å². The maximum absolute atomic E-state index is 11.7. The van der Waals surface area contributed by atoms with Crippen LogP contribution in [0.15, 0.2) is 18.2 Å². The molecule has 21 heavy (non-hydrogen) atoms. The van der Waals surface area contributed by atoms with E-state index in [9.17, 15) is 14.4 Å². The molecule has 0 saturated carbocycles. The van der Waals surface area contributed by atoms with Crippen molar-refractivity contribution < 1.29 is 19.5 Å². The van der Waals surface area contributed by atoms with Crippen LogP contribution in [-0.4, -0.2) is 40.9 Å². The maximum Gasteiger partial charge on any atom is 0.327 e. The van der Waals surface area contributed by atoms with Crippen molar-refractivity contribution in [2.75, 3.05) is 16.8 Å². The first-order chi connectivity index (χ1) is 9.93. The van der Waals surface area contributed by atoms with E-state index in [-0.39, 0.29) is 17.4 Å². The van der Waals surface area contributed by atoms with Gasteiger partial charge in [-0.3, -0.25) is 9.59 Å². The van der Waals surface area contributed by atoms with E-state index in [2.05, 4.69) is 10.6 Å². The van der Waals surface area contributed by atoms with Crippen molar-refractivity contribution in [2.45, 2.75) is 13.0 Å². The molecule has 0 aliphatic rings. The normalized spacial score (nSPS) is 11.5. The van der Waals surface area contributed by atoms with Crippen molar-refractivity contribution in [1.29, 1.82) is 0 Å². The van der Waals surface area contributed by atoms with Crippen molar-refractivity contribution in [3.8, 4) is 0 Å². The molecule has 0 heterocycles. The lowest BCUT2D eigenvalue weighted by atomic mass is 10.2. The van der Waals surface area contributed by atoms with E-state index in [1.165, 1.54) is 0 Å². The summed E-state index contributed by atoms with van der Waals surface area (Å²) in [5.74, 6) is -1.27. The lowest BCUT2D eigenvalue weighted by Crippen LogP contribution is -2.38. The molecule has 0 bridgehead atoms. The number of halogens is 1. The second-order valence-corrected chi connectivity index (χ2v) is 5.66. The van der Waals surface area contributed by atoms with Gasteiger partial charge in [-0.15, -0.1) is 11.8 Å². The van der Waals surface area contributed by atoms with E-state index >= 15 is 0 Å². The molecule has 1 atom stereocenters. The monoisotopic (exact) mass is 330 g/mol. The second kappa shape index (κ2) is 8.53. The summed E-state index contributed by atoms with van der Waals surface area (Å²) in [6.45, 7) is 1.89. The summed E-state index contributed by atoms with van der Waals surface area (Å²) >= 11 is 7.10. The van der Waals surface area contributed by atoms with Crippen LogP contribution < -0.4 is 10.6 Å². The van der Waals surface area contributed by atoms with Crippen molar-refractivity contribution in [3.63, 3.8) is 0 Å². The van der Waals surface area contributed by atoms with E-state index < -0.39 is 12.0 Å². The maximum atomic E-state index is 11.7. The van der Waals surface area contributed by atoms with Crippen LogP contribution in [-0.2, 0) is 14.4 Å². The van der Waals surface area contributed by atoms with Gasteiger partial charge in [0.05, 0.1) is 16.5 Å². The number of amides is 2. The van der Waals surface area contributed by atoms with Gasteiger partial charge in [0.2, 0.25) is 12.3 Å². The fourth-order valence-electron chi connectivity index (χ4n) is 1.45. The lowest BCUT2D eigenvalue weighted by molar-refractivity contribution is -0.139. The van der Waals surface area contributed by atoms with Crippen molar-refractivity contribution in [2.24, 2.45) is 0 Å². The molecule has 8 heteroatoms. The van der Waals surface area contributed by atoms with Gasteiger partial charge in [-0.2, -0.15) is 0 Å². The molecule has 114 valence electrons. The molecule has 0 saturated heterocycles. The second-order valence-electron chi connectivity index (χ2n) is 4.22. The predicted octanol–water partition coefficient (Wildman–Crippen LogP) is 1.52. The molecule has 3 N–H and O–H groups in total. The third-order valence-corrected chi connectivity index (χ3v) is 3.83. The van der Waals surface area contributed by atoms with Crippen LogP contribution in [0.2, 0.25) is 5.02 Å². The summed E-state index contributed by atoms with van der Waals surface area (Å²) in [6, 6.07) is 4.25. The standard InChI is InChI=1S/C13H15ClN2O4S/c1-8-2-3-10(9(14)4-8)16-12(18)6-21-5-11(13(19)20)15-7-17/h2-4,7,11H,5-6H2,1H3,(H,15,17)(H,16,18)(H,19,20). The Hall–Kier alpha value is -1.73. The molecule has 0 radical (unpaired) electrons. The Morgan fingerprint density at radius 3 is 2.76 bits per heavy atom. The number of anilines is 1. The minimum absolute atomic E-state index is 0.0640. The quantitative estimate of drug-likeness (QED) is 0.628. The molecule has 1 rings (SSSR count). The Balaban J connectivity index is 2.43. The van der Waals surface area contributed by atoms with E-state index in [4.69, 9.17) is 16.7 Å². The zero-order chi connectivity index (χ0) is 15.8. The lowest BCUT2D eigenvalue weighted by Gasteiger charge is -2.11. The van der Waals surface area contributed by atoms with Crippen molar-refractivity contribution >= 4 is 47.3 Å². The van der Waals surface area contributed by atoms with Gasteiger partial charge >= 0.3 is 5.97 Å². The Kier molecular flexibility index (Phi) is 7.04. The molecule has 0 fully saturated rings. The van der Waals surface area contributed by atoms with Gasteiger partial charge in [0.1, 0.15) is 6.04 Å². The smallest absolute Gasteiger partial charge is 0.327 e. The van der Waals surface area contributed by atoms with Crippen LogP contribution >= 0.6 is 23.4 Å². The third kappa shape index (κ3) is 6.05. The predicted molar refractivity (Wildman–Crippen MR) is 82.8 cm³/mol. The fraction of sp³-hybridized carbons (Fsp3) is 0.308. The molecule has 6 nitrogen and oxygen atoms in total. The first-order valence-electron chi connectivity index (χ1n) is 6.00. The third-order valence-electron chi connectivity index (χ3n) is 2.48. The van der Waals surface area contributed by atoms with E-state index in [1.807, 2.05) is 13.0 Å². The van der Waals surface area contributed by atoms with Gasteiger partial charge in [0.25, 0.3) is 0 Å². The van der Waals surface area contributed by atoms with Gasteiger partial charge in [0.15, 0.2) is 0 Å². The highest BCUT2D eigenvalue weighted by atomic mass is 35.5. The number of aryl methyl sites for hydroxylation is 1. The van der Waals surface area contributed by atoms with Crippen LogP contribution in [0.4, 0.5) is 5.69 Å². The molecular formula is C13H15ClN2O4S. The molecule has 0 aliphatic carbocycles. The number of carboxylic acid groups (broad SMARTS) is 1. The molecule has 1 aromatic rings. The van der Waals surface area contributed by atoms with Crippen molar-refractivity contribution in [1.82, 2.24) is 5.32 Å². The number of carbonyl (C=O) groups is 3. The first kappa shape index (κ1) is 17.3. The number of aliphatic carboxylic acids is 1. The van der Waals surface area contributed by atoms with Crippen LogP contribution in [0.3, 0.4) is 0 Å². The molecular weight excluding hydrogens is 316 g/mol. The van der Waals surface area contributed by atoms with Crippen LogP contribution in [0.5, 0.6) is 0 Å². The number of nitrogens with one attached hydrogen (secondary N) is 2. The van der Waals surface area contributed by atoms with E-state index in [0.29, 0.717) is 17.1 Å². The summed E-state index contributed by atoms with van der Waals surface area (Å²) in [6.07, 6.45) is 0.325. The summed E-state index contributed by atoms with van der Waals surface area (Å²) in [4.78, 5) is 32.8. The number of rotatable bonds is 8. The highest BCUT2D eigenvalue weighted by Gasteiger charge is 2.16. The molecule has 0 spiro atoms. The van der Waals surface area contributed by atoms with Gasteiger partial charge in [-0.25, -0.2) is 4.79 Å². The topological polar surface area (TPSA) is 95.5 Å². The average molecular weight is 331 g/mol. The number of carboxylic acids is 1. The van der Waals surface area contributed by atoms with Crippen molar-refractivity contribution in [3.05, 3.63) is 28.8 Å². The highest BCUT2D eigenvalue weighted by Crippen LogP contribution is 2.22. The Morgan fingerprint density at radius 2 is 2.19 bits per heavy atom. The number of benzene rings is 1. The van der Waals surface area contributed by atoms with Gasteiger partial charge in [-0.1, -0.05) is 17.7 Å². The molecule has 2 amide bonds. The van der Waals surface area contributed by atoms with Gasteiger partial charge < -0.3 is 15.7 Å². The van der Waals surface area contributed by atoms with Gasteiger partial charge in [0, 0.05) is 5.75 Å². The first-order valence-corrected chi connectivity index (χ1v) is 7.53. The Bertz CT molecular complexity index is 539. The summed E-state index contributed by atoms with van der Waals surface area (Å²) < 4.78 is 0. The zero-order valence-electron chi connectivity index (χ0n) is 11.3. The number of hydrogen-bond donors (Lipinski definition) is 3. The summed E-state index contributed by atoms with van der Waals surface area (Å²) in [5.41, 5.74) is 1.49. The largest absolute Gasteiger partial charge is 0.480 e. The highest BCUT2D eigenvalue weighted by molar-refractivity contribution is 8.00. The minimum Gasteiger partial charge on any atom is -0.480 e. The molecule has 0 aliphatic heterocycles. The van der Waals surface area contributed by atoms with Gasteiger partial charge in [-0.05, 0) is 24.6 Å². The number of thioether (sulfide) groups is 1. The molecule has 1 unspecified atom stereocenters. The Labute approximate surface area is 131 Å². The molecule has 1 aromatic carbocycles. The Morgan fingerprint density at radius 1 is 1.48 bits per heavy atom. The SMILES string of the molecule is Cc1ccc(NC(=O)CSCC(NC=O)C(=O)O)c(Cl)c1.